The number of alkyl halides is 1. The Morgan fingerprint density at radius 3 is 2.12 bits per heavy atom. The summed E-state index contributed by atoms with van der Waals surface area (Å²) in [4.78, 5) is 0. The van der Waals surface area contributed by atoms with Crippen LogP contribution in [0.5, 0.6) is 0 Å². The molecular weight excluding hydrogens is 205 g/mol. The molecule has 2 heterocycles. The average molecular weight is 229 g/mol. The molecule has 0 aromatic rings. The van der Waals surface area contributed by atoms with Gasteiger partial charge in [0.2, 0.25) is 0 Å². The van der Waals surface area contributed by atoms with Crippen LogP contribution in [0.1, 0.15) is 47.0 Å². The maximum atomic E-state index is 15.0. The molecule has 16 heavy (non-hydrogen) atoms. The zero-order valence-electron chi connectivity index (χ0n) is 10.9. The molecule has 3 heteroatoms. The summed E-state index contributed by atoms with van der Waals surface area (Å²) in [6.07, 6.45) is 2.08. The van der Waals surface area contributed by atoms with E-state index >= 15 is 0 Å². The van der Waals surface area contributed by atoms with Crippen LogP contribution in [0.4, 0.5) is 4.39 Å². The van der Waals surface area contributed by atoms with Gasteiger partial charge in [-0.25, -0.2) is 4.39 Å². The molecule has 2 nitrogen and oxygen atoms in total. The van der Waals surface area contributed by atoms with Crippen molar-refractivity contribution in [2.75, 3.05) is 13.1 Å². The molecule has 0 spiro atoms. The summed E-state index contributed by atoms with van der Waals surface area (Å²) in [6, 6.07) is 0. The summed E-state index contributed by atoms with van der Waals surface area (Å²) in [5.74, 6) is 0.0251. The van der Waals surface area contributed by atoms with Crippen molar-refractivity contribution >= 4 is 0 Å². The van der Waals surface area contributed by atoms with Gasteiger partial charge in [0, 0.05) is 5.92 Å². The molecule has 0 amide bonds. The lowest BCUT2D eigenvalue weighted by molar-refractivity contribution is -0.0985. The van der Waals surface area contributed by atoms with Gasteiger partial charge in [-0.05, 0) is 60.0 Å². The van der Waals surface area contributed by atoms with Gasteiger partial charge in [-0.2, -0.15) is 0 Å². The van der Waals surface area contributed by atoms with Crippen molar-refractivity contribution in [3.05, 3.63) is 0 Å². The van der Waals surface area contributed by atoms with Crippen molar-refractivity contribution in [1.82, 2.24) is 5.32 Å². The number of nitrogens with one attached hydrogen (secondary N) is 1. The first kappa shape index (κ1) is 12.3. The minimum atomic E-state index is -1.04. The van der Waals surface area contributed by atoms with Crippen LogP contribution in [0, 0.1) is 5.92 Å². The molecule has 0 bridgehead atoms. The van der Waals surface area contributed by atoms with E-state index in [9.17, 15) is 4.39 Å². The lowest BCUT2D eigenvalue weighted by Gasteiger charge is -2.40. The molecule has 1 atom stereocenters. The Balaban J connectivity index is 2.19. The third kappa shape index (κ3) is 2.12. The lowest BCUT2D eigenvalue weighted by Crippen LogP contribution is -2.49. The van der Waals surface area contributed by atoms with Crippen LogP contribution in [0.25, 0.3) is 0 Å². The van der Waals surface area contributed by atoms with Gasteiger partial charge in [-0.1, -0.05) is 0 Å². The Labute approximate surface area is 97.9 Å². The van der Waals surface area contributed by atoms with Gasteiger partial charge in [-0.15, -0.1) is 0 Å². The van der Waals surface area contributed by atoms with Crippen molar-refractivity contribution in [2.24, 2.45) is 5.92 Å². The Morgan fingerprint density at radius 1 is 1.12 bits per heavy atom. The van der Waals surface area contributed by atoms with E-state index in [2.05, 4.69) is 19.2 Å². The number of halogens is 1. The topological polar surface area (TPSA) is 21.3 Å². The number of ether oxygens (including phenoxy) is 1. The van der Waals surface area contributed by atoms with Crippen LogP contribution in [0.2, 0.25) is 0 Å². The van der Waals surface area contributed by atoms with Crippen molar-refractivity contribution < 1.29 is 9.13 Å². The zero-order chi connectivity index (χ0) is 12.0. The number of hydrogen-bond donors (Lipinski definition) is 1. The number of piperidine rings is 1. The van der Waals surface area contributed by atoms with E-state index in [0.29, 0.717) is 12.8 Å². The summed E-state index contributed by atoms with van der Waals surface area (Å²) < 4.78 is 21.0. The molecule has 2 aliphatic rings. The number of rotatable bonds is 1. The van der Waals surface area contributed by atoms with Gasteiger partial charge in [0.15, 0.2) is 0 Å². The standard InChI is InChI=1S/C13H24FNO/c1-11(2)9-10(12(3,4)16-11)13(14)5-7-15-8-6-13/h10,15H,5-9H2,1-4H3. The highest BCUT2D eigenvalue weighted by Gasteiger charge is 2.56. The largest absolute Gasteiger partial charge is 0.369 e. The predicted molar refractivity (Wildman–Crippen MR) is 63.3 cm³/mol. The van der Waals surface area contributed by atoms with Gasteiger partial charge in [-0.3, -0.25) is 0 Å². The molecule has 2 saturated heterocycles. The summed E-state index contributed by atoms with van der Waals surface area (Å²) in [7, 11) is 0. The lowest BCUT2D eigenvalue weighted by atomic mass is 9.72. The second kappa shape index (κ2) is 3.67. The zero-order valence-corrected chi connectivity index (χ0v) is 10.9. The first-order valence-corrected chi connectivity index (χ1v) is 6.35. The minimum absolute atomic E-state index is 0.0251. The van der Waals surface area contributed by atoms with Crippen molar-refractivity contribution in [3.8, 4) is 0 Å². The van der Waals surface area contributed by atoms with Gasteiger partial charge in [0.05, 0.1) is 11.2 Å². The van der Waals surface area contributed by atoms with Crippen LogP contribution < -0.4 is 5.32 Å². The van der Waals surface area contributed by atoms with Crippen LogP contribution in [-0.2, 0) is 4.74 Å². The quantitative estimate of drug-likeness (QED) is 0.746. The molecule has 1 N–H and O–H groups in total. The normalized spacial score (nSPS) is 36.2. The van der Waals surface area contributed by atoms with Crippen molar-refractivity contribution in [1.29, 1.82) is 0 Å². The van der Waals surface area contributed by atoms with E-state index in [1.807, 2.05) is 13.8 Å². The number of hydrogen-bond acceptors (Lipinski definition) is 2. The Kier molecular flexibility index (Phi) is 2.83. The highest BCUT2D eigenvalue weighted by atomic mass is 19.1. The summed E-state index contributed by atoms with van der Waals surface area (Å²) in [5, 5.41) is 3.23. The monoisotopic (exact) mass is 229 g/mol. The van der Waals surface area contributed by atoms with E-state index < -0.39 is 5.67 Å². The van der Waals surface area contributed by atoms with Crippen LogP contribution in [0.3, 0.4) is 0 Å². The van der Waals surface area contributed by atoms with Gasteiger partial charge >= 0.3 is 0 Å². The summed E-state index contributed by atoms with van der Waals surface area (Å²) in [5.41, 5.74) is -1.56. The fourth-order valence-corrected chi connectivity index (χ4v) is 3.56. The molecule has 0 aromatic heterocycles. The molecule has 2 aliphatic heterocycles. The summed E-state index contributed by atoms with van der Waals surface area (Å²) in [6.45, 7) is 9.80. The van der Waals surface area contributed by atoms with Gasteiger partial charge < -0.3 is 10.1 Å². The third-order valence-corrected chi connectivity index (χ3v) is 4.13. The molecule has 0 saturated carbocycles. The SMILES string of the molecule is CC1(C)CC(C2(F)CCNCC2)C(C)(C)O1. The highest BCUT2D eigenvalue weighted by molar-refractivity contribution is 5.05. The summed E-state index contributed by atoms with van der Waals surface area (Å²) >= 11 is 0. The van der Waals surface area contributed by atoms with E-state index in [0.717, 1.165) is 19.5 Å². The van der Waals surface area contributed by atoms with Crippen LogP contribution >= 0.6 is 0 Å². The van der Waals surface area contributed by atoms with E-state index in [1.54, 1.807) is 0 Å². The average Bonchev–Trinajstić information content (AvgIpc) is 2.36. The second-order valence-corrected chi connectivity index (χ2v) is 6.51. The molecule has 1 unspecified atom stereocenters. The first-order chi connectivity index (χ1) is 7.25. The molecule has 2 rings (SSSR count). The Hall–Kier alpha value is -0.150. The molecule has 0 aromatic carbocycles. The fraction of sp³-hybridized carbons (Fsp3) is 1.00. The minimum Gasteiger partial charge on any atom is -0.369 e. The maximum Gasteiger partial charge on any atom is 0.119 e. The molecule has 2 fully saturated rings. The van der Waals surface area contributed by atoms with Crippen molar-refractivity contribution in [3.63, 3.8) is 0 Å². The fourth-order valence-electron chi connectivity index (χ4n) is 3.56. The molecular formula is C13H24FNO. The third-order valence-electron chi connectivity index (χ3n) is 4.13. The van der Waals surface area contributed by atoms with Crippen LogP contribution in [0.15, 0.2) is 0 Å². The maximum absolute atomic E-state index is 15.0. The Morgan fingerprint density at radius 2 is 1.69 bits per heavy atom. The van der Waals surface area contributed by atoms with Crippen molar-refractivity contribution in [2.45, 2.75) is 63.8 Å². The van der Waals surface area contributed by atoms with Gasteiger partial charge in [0.25, 0.3) is 0 Å². The van der Waals surface area contributed by atoms with Crippen LogP contribution in [-0.4, -0.2) is 30.0 Å². The van der Waals surface area contributed by atoms with E-state index in [4.69, 9.17) is 4.74 Å². The Bertz CT molecular complexity index is 269. The molecule has 94 valence electrons. The van der Waals surface area contributed by atoms with E-state index in [-0.39, 0.29) is 17.1 Å². The first-order valence-electron chi connectivity index (χ1n) is 6.35. The molecule has 0 aliphatic carbocycles. The van der Waals surface area contributed by atoms with E-state index in [1.165, 1.54) is 0 Å². The predicted octanol–water partition coefficient (Wildman–Crippen LogP) is 2.67. The highest BCUT2D eigenvalue weighted by Crippen LogP contribution is 2.50. The second-order valence-electron chi connectivity index (χ2n) is 6.51. The molecule has 0 radical (unpaired) electrons. The smallest absolute Gasteiger partial charge is 0.119 e. The van der Waals surface area contributed by atoms with Gasteiger partial charge in [0.1, 0.15) is 5.67 Å².